The van der Waals surface area contributed by atoms with Gasteiger partial charge in [-0.2, -0.15) is 5.10 Å². The Balaban J connectivity index is 1.96. The lowest BCUT2D eigenvalue weighted by atomic mass is 10.2. The summed E-state index contributed by atoms with van der Waals surface area (Å²) in [5.74, 6) is 3.20. The maximum atomic E-state index is 11.9. The van der Waals surface area contributed by atoms with Crippen LogP contribution in [0.2, 0.25) is 10.0 Å². The molecule has 0 aliphatic rings. The maximum Gasteiger partial charge on any atom is 0.250 e. The van der Waals surface area contributed by atoms with Crippen LogP contribution in [0.25, 0.3) is 0 Å². The second-order valence-corrected chi connectivity index (χ2v) is 7.18. The van der Waals surface area contributed by atoms with Crippen LogP contribution in [-0.4, -0.2) is 31.1 Å². The maximum absolute atomic E-state index is 11.9. The number of hydrogen-bond donors (Lipinski definition) is 1. The van der Waals surface area contributed by atoms with Gasteiger partial charge in [0, 0.05) is 9.92 Å². The normalized spacial score (nSPS) is 10.5. The smallest absolute Gasteiger partial charge is 0.250 e. The van der Waals surface area contributed by atoms with Gasteiger partial charge in [-0.1, -0.05) is 29.1 Å². The fourth-order valence-corrected chi connectivity index (χ4v) is 3.16. The minimum atomic E-state index is -0.235. The Hall–Kier alpha value is -2.33. The third-order valence-electron chi connectivity index (χ3n) is 3.22. The highest BCUT2D eigenvalue weighted by Crippen LogP contribution is 2.36. The van der Waals surface area contributed by atoms with E-state index in [1.54, 1.807) is 24.3 Å². The van der Waals surface area contributed by atoms with Crippen LogP contribution in [0.4, 0.5) is 0 Å². The van der Waals surface area contributed by atoms with Crippen molar-refractivity contribution in [2.75, 3.05) is 19.0 Å². The molecule has 8 heteroatoms. The summed E-state index contributed by atoms with van der Waals surface area (Å²) >= 11 is 13.5. The van der Waals surface area contributed by atoms with E-state index in [9.17, 15) is 4.79 Å². The summed E-state index contributed by atoms with van der Waals surface area (Å²) in [5, 5.41) is 4.95. The average molecular weight is 437 g/mol. The van der Waals surface area contributed by atoms with Gasteiger partial charge >= 0.3 is 0 Å². The zero-order valence-corrected chi connectivity index (χ0v) is 17.4. The summed E-state index contributed by atoms with van der Waals surface area (Å²) in [4.78, 5) is 12.9. The number of ether oxygens (including phenoxy) is 2. The van der Waals surface area contributed by atoms with Gasteiger partial charge in [-0.3, -0.25) is 4.79 Å². The summed E-state index contributed by atoms with van der Waals surface area (Å²) in [6.45, 7) is 2.36. The first-order chi connectivity index (χ1) is 13.5. The number of thioether (sulfide) groups is 1. The SMILES string of the molecule is C#CCOc1c(Cl)cc(/C=N\NC(=O)CSc2ccc(Cl)cc2)cc1OCC. The average Bonchev–Trinajstić information content (AvgIpc) is 2.67. The molecule has 2 rings (SSSR count). The lowest BCUT2D eigenvalue weighted by Crippen LogP contribution is -2.19. The van der Waals surface area contributed by atoms with Crippen molar-refractivity contribution in [1.82, 2.24) is 5.43 Å². The summed E-state index contributed by atoms with van der Waals surface area (Å²) in [7, 11) is 0. The Kier molecular flexibility index (Phi) is 9.02. The Labute approximate surface area is 178 Å². The molecule has 2 aromatic rings. The van der Waals surface area contributed by atoms with E-state index in [1.165, 1.54) is 18.0 Å². The van der Waals surface area contributed by atoms with Crippen molar-refractivity contribution in [3.8, 4) is 23.8 Å². The molecule has 0 fully saturated rings. The summed E-state index contributed by atoms with van der Waals surface area (Å²) < 4.78 is 11.0. The van der Waals surface area contributed by atoms with Crippen molar-refractivity contribution in [1.29, 1.82) is 0 Å². The Morgan fingerprint density at radius 3 is 2.71 bits per heavy atom. The van der Waals surface area contributed by atoms with Crippen molar-refractivity contribution in [3.05, 3.63) is 52.0 Å². The molecule has 1 amide bonds. The molecule has 2 aromatic carbocycles. The van der Waals surface area contributed by atoms with Gasteiger partial charge in [0.2, 0.25) is 5.91 Å². The number of carbonyl (C=O) groups is 1. The lowest BCUT2D eigenvalue weighted by molar-refractivity contribution is -0.118. The molecule has 0 bridgehead atoms. The molecule has 0 spiro atoms. The van der Waals surface area contributed by atoms with E-state index < -0.39 is 0 Å². The number of benzene rings is 2. The molecular formula is C20H18Cl2N2O3S. The Bertz CT molecular complexity index is 880. The van der Waals surface area contributed by atoms with Crippen LogP contribution < -0.4 is 14.9 Å². The number of hydrazone groups is 1. The van der Waals surface area contributed by atoms with Crippen LogP contribution in [0.1, 0.15) is 12.5 Å². The molecular weight excluding hydrogens is 419 g/mol. The second kappa shape index (κ2) is 11.5. The van der Waals surface area contributed by atoms with Crippen LogP contribution in [0, 0.1) is 12.3 Å². The number of hydrogen-bond acceptors (Lipinski definition) is 5. The van der Waals surface area contributed by atoms with E-state index in [-0.39, 0.29) is 18.3 Å². The van der Waals surface area contributed by atoms with Gasteiger partial charge < -0.3 is 9.47 Å². The van der Waals surface area contributed by atoms with Gasteiger partial charge in [-0.05, 0) is 48.9 Å². The standard InChI is InChI=1S/C20H18Cl2N2O3S/c1-3-9-27-20-17(22)10-14(11-18(20)26-4-2)12-23-24-19(25)13-28-16-7-5-15(21)6-8-16/h1,5-8,10-12H,4,9,13H2,2H3,(H,24,25)/b23-12-. The molecule has 0 atom stereocenters. The molecule has 146 valence electrons. The monoisotopic (exact) mass is 436 g/mol. The lowest BCUT2D eigenvalue weighted by Gasteiger charge is -2.12. The molecule has 0 unspecified atom stereocenters. The summed E-state index contributed by atoms with van der Waals surface area (Å²) in [6.07, 6.45) is 6.69. The van der Waals surface area contributed by atoms with Gasteiger partial charge in [-0.15, -0.1) is 18.2 Å². The molecule has 0 saturated heterocycles. The number of amides is 1. The molecule has 0 aliphatic heterocycles. The van der Waals surface area contributed by atoms with Gasteiger partial charge in [0.25, 0.3) is 0 Å². The molecule has 0 aromatic heterocycles. The van der Waals surface area contributed by atoms with Crippen molar-refractivity contribution < 1.29 is 14.3 Å². The van der Waals surface area contributed by atoms with Gasteiger partial charge in [-0.25, -0.2) is 5.43 Å². The largest absolute Gasteiger partial charge is 0.490 e. The van der Waals surface area contributed by atoms with Crippen LogP contribution in [-0.2, 0) is 4.79 Å². The molecule has 0 heterocycles. The van der Waals surface area contributed by atoms with E-state index in [2.05, 4.69) is 16.4 Å². The van der Waals surface area contributed by atoms with Crippen LogP contribution in [0.3, 0.4) is 0 Å². The predicted molar refractivity (Wildman–Crippen MR) is 115 cm³/mol. The fraction of sp³-hybridized carbons (Fsp3) is 0.200. The minimum Gasteiger partial charge on any atom is -0.490 e. The van der Waals surface area contributed by atoms with Gasteiger partial charge in [0.15, 0.2) is 11.5 Å². The van der Waals surface area contributed by atoms with Gasteiger partial charge in [0.05, 0.1) is 23.6 Å². The number of carbonyl (C=O) groups excluding carboxylic acids is 1. The first-order valence-corrected chi connectivity index (χ1v) is 10.0. The van der Waals surface area contributed by atoms with Crippen molar-refractivity contribution >= 4 is 47.1 Å². The van der Waals surface area contributed by atoms with E-state index >= 15 is 0 Å². The van der Waals surface area contributed by atoms with E-state index in [0.717, 1.165) is 4.90 Å². The van der Waals surface area contributed by atoms with Crippen molar-refractivity contribution in [3.63, 3.8) is 0 Å². The quantitative estimate of drug-likeness (QED) is 0.269. The summed E-state index contributed by atoms with van der Waals surface area (Å²) in [5.41, 5.74) is 3.12. The van der Waals surface area contributed by atoms with Crippen LogP contribution in [0.5, 0.6) is 11.5 Å². The van der Waals surface area contributed by atoms with Crippen LogP contribution >= 0.6 is 35.0 Å². The summed E-state index contributed by atoms with van der Waals surface area (Å²) in [6, 6.07) is 10.6. The number of rotatable bonds is 9. The Morgan fingerprint density at radius 2 is 2.04 bits per heavy atom. The minimum absolute atomic E-state index is 0.0780. The molecule has 28 heavy (non-hydrogen) atoms. The van der Waals surface area contributed by atoms with Crippen molar-refractivity contribution in [2.24, 2.45) is 5.10 Å². The second-order valence-electron chi connectivity index (χ2n) is 5.29. The van der Waals surface area contributed by atoms with E-state index in [4.69, 9.17) is 39.1 Å². The molecule has 5 nitrogen and oxygen atoms in total. The van der Waals surface area contributed by atoms with E-state index in [1.807, 2.05) is 19.1 Å². The molecule has 1 N–H and O–H groups in total. The zero-order chi connectivity index (χ0) is 20.4. The third kappa shape index (κ3) is 7.01. The number of terminal acetylenes is 1. The Morgan fingerprint density at radius 1 is 1.29 bits per heavy atom. The van der Waals surface area contributed by atoms with Crippen molar-refractivity contribution in [2.45, 2.75) is 11.8 Å². The number of nitrogens with zero attached hydrogens (tertiary/aromatic N) is 1. The first-order valence-electron chi connectivity index (χ1n) is 8.26. The van der Waals surface area contributed by atoms with Crippen LogP contribution in [0.15, 0.2) is 46.4 Å². The molecule has 0 radical (unpaired) electrons. The number of halogens is 2. The highest BCUT2D eigenvalue weighted by molar-refractivity contribution is 8.00. The molecule has 0 saturated carbocycles. The zero-order valence-electron chi connectivity index (χ0n) is 15.1. The molecule has 0 aliphatic carbocycles. The predicted octanol–water partition coefficient (Wildman–Crippen LogP) is 4.65. The van der Waals surface area contributed by atoms with Gasteiger partial charge in [0.1, 0.15) is 6.61 Å². The first kappa shape index (κ1) is 22.0. The third-order valence-corrected chi connectivity index (χ3v) is 4.76. The highest BCUT2D eigenvalue weighted by Gasteiger charge is 2.12. The fourth-order valence-electron chi connectivity index (χ4n) is 2.07. The number of nitrogens with one attached hydrogen (secondary N) is 1. The topological polar surface area (TPSA) is 59.9 Å². The highest BCUT2D eigenvalue weighted by atomic mass is 35.5. The van der Waals surface area contributed by atoms with E-state index in [0.29, 0.717) is 33.7 Å².